The SMILES string of the molecule is Cn1c(C(C)(C)C)nc2cc(-c3cnoc3N)ccc21. The maximum absolute atomic E-state index is 5.77. The van der Waals surface area contributed by atoms with E-state index in [1.165, 1.54) is 0 Å². The Hall–Kier alpha value is -2.30. The van der Waals surface area contributed by atoms with Gasteiger partial charge >= 0.3 is 0 Å². The molecule has 2 N–H and O–H groups in total. The van der Waals surface area contributed by atoms with E-state index in [0.717, 1.165) is 28.0 Å². The molecule has 0 unspecified atom stereocenters. The van der Waals surface area contributed by atoms with E-state index >= 15 is 0 Å². The normalized spacial score (nSPS) is 12.2. The van der Waals surface area contributed by atoms with Crippen molar-refractivity contribution in [1.29, 1.82) is 0 Å². The predicted octanol–water partition coefficient (Wildman–Crippen LogP) is 3.11. The second-order valence-corrected chi connectivity index (χ2v) is 6.05. The van der Waals surface area contributed by atoms with E-state index in [1.807, 2.05) is 19.2 Å². The van der Waals surface area contributed by atoms with Gasteiger partial charge in [0.05, 0.1) is 22.8 Å². The highest BCUT2D eigenvalue weighted by atomic mass is 16.5. The minimum atomic E-state index is 0.00412. The molecular formula is C15H18N4O. The van der Waals surface area contributed by atoms with Crippen molar-refractivity contribution in [1.82, 2.24) is 14.7 Å². The largest absolute Gasteiger partial charge is 0.367 e. The average molecular weight is 270 g/mol. The molecule has 5 heteroatoms. The number of nitrogens with zero attached hydrogens (tertiary/aromatic N) is 3. The third-order valence-corrected chi connectivity index (χ3v) is 3.46. The maximum atomic E-state index is 5.77. The number of rotatable bonds is 1. The van der Waals surface area contributed by atoms with Crippen molar-refractivity contribution in [3.05, 3.63) is 30.2 Å². The van der Waals surface area contributed by atoms with Gasteiger partial charge in [0.15, 0.2) is 0 Å². The molecule has 0 saturated heterocycles. The molecule has 0 fully saturated rings. The summed E-state index contributed by atoms with van der Waals surface area (Å²) in [6.45, 7) is 6.48. The Balaban J connectivity index is 2.20. The van der Waals surface area contributed by atoms with Gasteiger partial charge in [0.25, 0.3) is 0 Å². The summed E-state index contributed by atoms with van der Waals surface area (Å²) >= 11 is 0. The molecule has 0 radical (unpaired) electrons. The van der Waals surface area contributed by atoms with E-state index in [2.05, 4.69) is 36.6 Å². The van der Waals surface area contributed by atoms with Gasteiger partial charge in [-0.15, -0.1) is 0 Å². The molecule has 2 heterocycles. The van der Waals surface area contributed by atoms with Gasteiger partial charge in [-0.2, -0.15) is 0 Å². The molecule has 3 aromatic rings. The number of nitrogen functional groups attached to an aromatic ring is 1. The summed E-state index contributed by atoms with van der Waals surface area (Å²) in [5, 5.41) is 3.71. The zero-order valence-corrected chi connectivity index (χ0v) is 12.1. The molecule has 3 rings (SSSR count). The van der Waals surface area contributed by atoms with Gasteiger partial charge < -0.3 is 14.8 Å². The van der Waals surface area contributed by atoms with Crippen LogP contribution in [0.2, 0.25) is 0 Å². The predicted molar refractivity (Wildman–Crippen MR) is 79.3 cm³/mol. The van der Waals surface area contributed by atoms with Gasteiger partial charge in [0, 0.05) is 12.5 Å². The molecule has 2 aromatic heterocycles. The molecule has 5 nitrogen and oxygen atoms in total. The van der Waals surface area contributed by atoms with Gasteiger partial charge in [-0.25, -0.2) is 4.98 Å². The zero-order valence-electron chi connectivity index (χ0n) is 12.1. The number of hydrogen-bond acceptors (Lipinski definition) is 4. The van der Waals surface area contributed by atoms with Crippen LogP contribution in [0.15, 0.2) is 28.9 Å². The number of hydrogen-bond donors (Lipinski definition) is 1. The second kappa shape index (κ2) is 4.10. The van der Waals surface area contributed by atoms with Crippen LogP contribution in [0.25, 0.3) is 22.2 Å². The highest BCUT2D eigenvalue weighted by Gasteiger charge is 2.21. The van der Waals surface area contributed by atoms with Crippen molar-refractivity contribution in [2.24, 2.45) is 7.05 Å². The van der Waals surface area contributed by atoms with Crippen molar-refractivity contribution < 1.29 is 4.52 Å². The minimum Gasteiger partial charge on any atom is -0.367 e. The summed E-state index contributed by atoms with van der Waals surface area (Å²) in [6, 6.07) is 6.09. The topological polar surface area (TPSA) is 69.9 Å². The Morgan fingerprint density at radius 2 is 2.00 bits per heavy atom. The average Bonchev–Trinajstić information content (AvgIpc) is 2.93. The van der Waals surface area contributed by atoms with Crippen molar-refractivity contribution in [2.75, 3.05) is 5.73 Å². The van der Waals surface area contributed by atoms with Crippen LogP contribution in [0, 0.1) is 0 Å². The lowest BCUT2D eigenvalue weighted by Gasteiger charge is -2.17. The number of imidazole rings is 1. The molecule has 0 spiro atoms. The number of aromatic nitrogens is 3. The van der Waals surface area contributed by atoms with Gasteiger partial charge in [-0.3, -0.25) is 0 Å². The van der Waals surface area contributed by atoms with Crippen LogP contribution in [0.4, 0.5) is 5.88 Å². The highest BCUT2D eigenvalue weighted by molar-refractivity contribution is 5.84. The standard InChI is InChI=1S/C15H18N4O/c1-15(2,3)14-18-11-7-9(5-6-12(11)19(14)4)10-8-17-20-13(10)16/h5-8H,16H2,1-4H3. The number of fused-ring (bicyclic) bond motifs is 1. The molecule has 0 saturated carbocycles. The quantitative estimate of drug-likeness (QED) is 0.737. The Morgan fingerprint density at radius 1 is 1.25 bits per heavy atom. The van der Waals surface area contributed by atoms with Crippen LogP contribution in [0.5, 0.6) is 0 Å². The lowest BCUT2D eigenvalue weighted by Crippen LogP contribution is -2.17. The van der Waals surface area contributed by atoms with E-state index in [1.54, 1.807) is 6.20 Å². The van der Waals surface area contributed by atoms with Crippen molar-refractivity contribution in [2.45, 2.75) is 26.2 Å². The molecule has 1 aromatic carbocycles. The lowest BCUT2D eigenvalue weighted by atomic mass is 9.96. The Bertz CT molecular complexity index is 777. The molecule has 0 aliphatic carbocycles. The Labute approximate surface area is 117 Å². The molecule has 0 bridgehead atoms. The smallest absolute Gasteiger partial charge is 0.229 e. The third-order valence-electron chi connectivity index (χ3n) is 3.46. The van der Waals surface area contributed by atoms with E-state index in [9.17, 15) is 0 Å². The van der Waals surface area contributed by atoms with E-state index < -0.39 is 0 Å². The number of anilines is 1. The summed E-state index contributed by atoms with van der Waals surface area (Å²) in [5.41, 5.74) is 9.60. The Morgan fingerprint density at radius 3 is 2.60 bits per heavy atom. The third kappa shape index (κ3) is 1.86. The van der Waals surface area contributed by atoms with Gasteiger partial charge in [-0.05, 0) is 17.7 Å². The zero-order chi connectivity index (χ0) is 14.5. The van der Waals surface area contributed by atoms with Crippen LogP contribution in [0.3, 0.4) is 0 Å². The van der Waals surface area contributed by atoms with Crippen LogP contribution < -0.4 is 5.73 Å². The molecular weight excluding hydrogens is 252 g/mol. The first-order valence-electron chi connectivity index (χ1n) is 6.55. The molecule has 0 atom stereocenters. The summed E-state index contributed by atoms with van der Waals surface area (Å²) in [4.78, 5) is 4.75. The van der Waals surface area contributed by atoms with Crippen molar-refractivity contribution in [3.8, 4) is 11.1 Å². The first kappa shape index (κ1) is 12.7. The van der Waals surface area contributed by atoms with E-state index in [-0.39, 0.29) is 5.41 Å². The first-order chi connectivity index (χ1) is 9.38. The number of nitrogens with two attached hydrogens (primary N) is 1. The van der Waals surface area contributed by atoms with E-state index in [4.69, 9.17) is 15.2 Å². The molecule has 20 heavy (non-hydrogen) atoms. The molecule has 104 valence electrons. The van der Waals surface area contributed by atoms with E-state index in [0.29, 0.717) is 5.88 Å². The fourth-order valence-electron chi connectivity index (χ4n) is 2.50. The van der Waals surface area contributed by atoms with Crippen LogP contribution in [-0.4, -0.2) is 14.7 Å². The molecule has 0 aliphatic rings. The van der Waals surface area contributed by atoms with Crippen LogP contribution in [-0.2, 0) is 12.5 Å². The number of benzene rings is 1. The molecule has 0 aliphatic heterocycles. The monoisotopic (exact) mass is 270 g/mol. The maximum Gasteiger partial charge on any atom is 0.229 e. The molecule has 0 amide bonds. The summed E-state index contributed by atoms with van der Waals surface area (Å²) in [5.74, 6) is 1.39. The van der Waals surface area contributed by atoms with Crippen molar-refractivity contribution >= 4 is 16.9 Å². The van der Waals surface area contributed by atoms with Gasteiger partial charge in [0.2, 0.25) is 5.88 Å². The Kier molecular flexibility index (Phi) is 2.61. The summed E-state index contributed by atoms with van der Waals surface area (Å²) < 4.78 is 7.05. The fourth-order valence-corrected chi connectivity index (χ4v) is 2.50. The van der Waals surface area contributed by atoms with Crippen LogP contribution >= 0.6 is 0 Å². The van der Waals surface area contributed by atoms with Crippen molar-refractivity contribution in [3.63, 3.8) is 0 Å². The fraction of sp³-hybridized carbons (Fsp3) is 0.333. The minimum absolute atomic E-state index is 0.00412. The second-order valence-electron chi connectivity index (χ2n) is 6.05. The summed E-state index contributed by atoms with van der Waals surface area (Å²) in [7, 11) is 2.04. The summed E-state index contributed by atoms with van der Waals surface area (Å²) in [6.07, 6.45) is 1.63. The van der Waals surface area contributed by atoms with Gasteiger partial charge in [0.1, 0.15) is 5.82 Å². The van der Waals surface area contributed by atoms with Crippen LogP contribution in [0.1, 0.15) is 26.6 Å². The lowest BCUT2D eigenvalue weighted by molar-refractivity contribution is 0.436. The van der Waals surface area contributed by atoms with Gasteiger partial charge in [-0.1, -0.05) is 32.0 Å². The first-order valence-corrected chi connectivity index (χ1v) is 6.55. The number of aryl methyl sites for hydroxylation is 1. The highest BCUT2D eigenvalue weighted by Crippen LogP contribution is 2.30.